The van der Waals surface area contributed by atoms with Crippen molar-refractivity contribution in [1.82, 2.24) is 9.21 Å². The van der Waals surface area contributed by atoms with E-state index in [-0.39, 0.29) is 17.5 Å². The number of nitrogens with zero attached hydrogens (tertiary/aromatic N) is 2. The van der Waals surface area contributed by atoms with Crippen molar-refractivity contribution in [2.45, 2.75) is 13.0 Å². The van der Waals surface area contributed by atoms with Crippen LogP contribution < -0.4 is 0 Å². The van der Waals surface area contributed by atoms with E-state index in [9.17, 15) is 18.6 Å². The molecule has 0 radical (unpaired) electrons. The summed E-state index contributed by atoms with van der Waals surface area (Å²) >= 11 is 0. The van der Waals surface area contributed by atoms with E-state index in [2.05, 4.69) is 4.90 Å². The Kier molecular flexibility index (Phi) is 4.22. The van der Waals surface area contributed by atoms with E-state index in [1.165, 1.54) is 16.6 Å². The van der Waals surface area contributed by atoms with Gasteiger partial charge in [0.05, 0.1) is 6.26 Å². The Balaban J connectivity index is 2.06. The number of piperazine rings is 1. The Morgan fingerprint density at radius 2 is 1.55 bits per heavy atom. The minimum Gasteiger partial charge on any atom is -0.508 e. The van der Waals surface area contributed by atoms with Gasteiger partial charge in [-0.25, -0.2) is 8.42 Å². The van der Waals surface area contributed by atoms with Gasteiger partial charge in [-0.1, -0.05) is 0 Å². The first-order chi connectivity index (χ1) is 9.27. The molecule has 7 heteroatoms. The van der Waals surface area contributed by atoms with Crippen LogP contribution in [0.2, 0.25) is 0 Å². The van der Waals surface area contributed by atoms with Crippen LogP contribution >= 0.6 is 0 Å². The number of phenolic OH excluding ortho intramolecular Hbond substituents is 2. The molecule has 0 amide bonds. The summed E-state index contributed by atoms with van der Waals surface area (Å²) in [6.07, 6.45) is 1.22. The third-order valence-corrected chi connectivity index (χ3v) is 5.00. The van der Waals surface area contributed by atoms with Crippen molar-refractivity contribution in [2.75, 3.05) is 32.4 Å². The summed E-state index contributed by atoms with van der Waals surface area (Å²) in [5.41, 5.74) is 0.815. The monoisotopic (exact) mass is 300 g/mol. The summed E-state index contributed by atoms with van der Waals surface area (Å²) in [7, 11) is -3.13. The second-order valence-corrected chi connectivity index (χ2v) is 7.14. The fraction of sp³-hybridized carbons (Fsp3) is 0.538. The summed E-state index contributed by atoms with van der Waals surface area (Å²) in [6, 6.07) is 4.54. The van der Waals surface area contributed by atoms with Gasteiger partial charge in [-0.2, -0.15) is 4.31 Å². The molecule has 0 spiro atoms. The Bertz CT molecular complexity index is 560. The zero-order valence-electron chi connectivity index (χ0n) is 11.7. The van der Waals surface area contributed by atoms with Crippen LogP contribution in [0.3, 0.4) is 0 Å². The van der Waals surface area contributed by atoms with Crippen molar-refractivity contribution in [2.24, 2.45) is 0 Å². The second-order valence-electron chi connectivity index (χ2n) is 5.16. The molecular formula is C13H20N2O4S. The minimum atomic E-state index is -3.13. The van der Waals surface area contributed by atoms with Gasteiger partial charge >= 0.3 is 0 Å². The van der Waals surface area contributed by atoms with Gasteiger partial charge in [0.15, 0.2) is 0 Å². The molecule has 6 nitrogen and oxygen atoms in total. The molecule has 20 heavy (non-hydrogen) atoms. The number of benzene rings is 1. The van der Waals surface area contributed by atoms with Crippen LogP contribution in [-0.2, 0) is 10.0 Å². The smallest absolute Gasteiger partial charge is 0.211 e. The van der Waals surface area contributed by atoms with Gasteiger partial charge in [-0.3, -0.25) is 4.90 Å². The lowest BCUT2D eigenvalue weighted by Gasteiger charge is -2.37. The first-order valence-corrected chi connectivity index (χ1v) is 8.34. The predicted molar refractivity (Wildman–Crippen MR) is 76.2 cm³/mol. The maximum absolute atomic E-state index is 11.5. The zero-order valence-corrected chi connectivity index (χ0v) is 12.5. The highest BCUT2D eigenvalue weighted by molar-refractivity contribution is 7.88. The fourth-order valence-corrected chi connectivity index (χ4v) is 3.32. The van der Waals surface area contributed by atoms with E-state index in [1.807, 2.05) is 6.92 Å². The molecular weight excluding hydrogens is 280 g/mol. The Labute approximate surface area is 119 Å². The van der Waals surface area contributed by atoms with Crippen LogP contribution in [0.4, 0.5) is 0 Å². The zero-order chi connectivity index (χ0) is 14.9. The summed E-state index contributed by atoms with van der Waals surface area (Å²) < 4.78 is 24.4. The third-order valence-electron chi connectivity index (χ3n) is 3.70. The molecule has 1 heterocycles. The van der Waals surface area contributed by atoms with E-state index in [0.29, 0.717) is 26.2 Å². The molecule has 0 aromatic heterocycles. The topological polar surface area (TPSA) is 81.1 Å². The number of sulfonamides is 1. The number of aromatic hydroxyl groups is 2. The molecule has 0 aliphatic carbocycles. The average Bonchev–Trinajstić information content (AvgIpc) is 2.36. The van der Waals surface area contributed by atoms with E-state index in [4.69, 9.17) is 0 Å². The first kappa shape index (κ1) is 15.1. The summed E-state index contributed by atoms with van der Waals surface area (Å²) in [5, 5.41) is 19.0. The Hall–Kier alpha value is -1.31. The highest BCUT2D eigenvalue weighted by Crippen LogP contribution is 2.28. The summed E-state index contributed by atoms with van der Waals surface area (Å²) in [6.45, 7) is 4.17. The number of phenols is 2. The van der Waals surface area contributed by atoms with E-state index in [0.717, 1.165) is 5.56 Å². The molecule has 1 fully saturated rings. The minimum absolute atomic E-state index is 0.00899. The molecule has 1 aliphatic rings. The third kappa shape index (κ3) is 3.41. The molecule has 1 aromatic rings. The van der Waals surface area contributed by atoms with Crippen molar-refractivity contribution in [1.29, 1.82) is 0 Å². The van der Waals surface area contributed by atoms with Crippen molar-refractivity contribution in [3.8, 4) is 11.5 Å². The lowest BCUT2D eigenvalue weighted by atomic mass is 10.1. The van der Waals surface area contributed by atoms with Gasteiger partial charge in [0, 0.05) is 38.3 Å². The average molecular weight is 300 g/mol. The standard InChI is InChI=1S/C13H20N2O4S/c1-10(11-7-12(16)9-13(17)8-11)14-3-5-15(6-4-14)20(2,18)19/h7-10,16-17H,3-6H2,1-2H3. The predicted octanol–water partition coefficient (Wildman–Crippen LogP) is 0.736. The van der Waals surface area contributed by atoms with E-state index in [1.54, 1.807) is 12.1 Å². The number of hydrogen-bond donors (Lipinski definition) is 2. The summed E-state index contributed by atoms with van der Waals surface area (Å²) in [5.74, 6) is 0.0586. The van der Waals surface area contributed by atoms with Crippen LogP contribution in [0.15, 0.2) is 18.2 Å². The van der Waals surface area contributed by atoms with Gasteiger partial charge in [-0.05, 0) is 24.6 Å². The molecule has 112 valence electrons. The number of hydrogen-bond acceptors (Lipinski definition) is 5. The SMILES string of the molecule is CC(c1cc(O)cc(O)c1)N1CCN(S(C)(=O)=O)CC1. The van der Waals surface area contributed by atoms with Gasteiger partial charge in [0.1, 0.15) is 11.5 Å². The van der Waals surface area contributed by atoms with Crippen molar-refractivity contribution in [3.05, 3.63) is 23.8 Å². The molecule has 0 bridgehead atoms. The molecule has 1 saturated heterocycles. The van der Waals surface area contributed by atoms with Crippen LogP contribution in [-0.4, -0.2) is 60.3 Å². The fourth-order valence-electron chi connectivity index (χ4n) is 2.49. The van der Waals surface area contributed by atoms with Gasteiger partial charge in [-0.15, -0.1) is 0 Å². The van der Waals surface area contributed by atoms with Crippen molar-refractivity contribution >= 4 is 10.0 Å². The Morgan fingerprint density at radius 1 is 1.05 bits per heavy atom. The molecule has 0 saturated carbocycles. The van der Waals surface area contributed by atoms with Crippen molar-refractivity contribution < 1.29 is 18.6 Å². The van der Waals surface area contributed by atoms with Gasteiger partial charge in [0.25, 0.3) is 0 Å². The number of rotatable bonds is 3. The maximum Gasteiger partial charge on any atom is 0.211 e. The lowest BCUT2D eigenvalue weighted by Crippen LogP contribution is -2.48. The van der Waals surface area contributed by atoms with Crippen LogP contribution in [0.1, 0.15) is 18.5 Å². The van der Waals surface area contributed by atoms with Crippen LogP contribution in [0, 0.1) is 0 Å². The van der Waals surface area contributed by atoms with Crippen LogP contribution in [0.25, 0.3) is 0 Å². The molecule has 1 atom stereocenters. The highest BCUT2D eigenvalue weighted by Gasteiger charge is 2.26. The second kappa shape index (κ2) is 5.59. The molecule has 1 aromatic carbocycles. The first-order valence-electron chi connectivity index (χ1n) is 6.49. The largest absolute Gasteiger partial charge is 0.508 e. The van der Waals surface area contributed by atoms with Gasteiger partial charge < -0.3 is 10.2 Å². The molecule has 1 unspecified atom stereocenters. The highest BCUT2D eigenvalue weighted by atomic mass is 32.2. The lowest BCUT2D eigenvalue weighted by molar-refractivity contribution is 0.146. The quantitative estimate of drug-likeness (QED) is 0.860. The van der Waals surface area contributed by atoms with Crippen LogP contribution in [0.5, 0.6) is 11.5 Å². The summed E-state index contributed by atoms with van der Waals surface area (Å²) in [4.78, 5) is 2.13. The van der Waals surface area contributed by atoms with E-state index >= 15 is 0 Å². The normalized spacial score (nSPS) is 19.9. The molecule has 2 N–H and O–H groups in total. The molecule has 1 aliphatic heterocycles. The van der Waals surface area contributed by atoms with E-state index < -0.39 is 10.0 Å². The van der Waals surface area contributed by atoms with Gasteiger partial charge in [0.2, 0.25) is 10.0 Å². The maximum atomic E-state index is 11.5. The van der Waals surface area contributed by atoms with Crippen molar-refractivity contribution in [3.63, 3.8) is 0 Å². The Morgan fingerprint density at radius 3 is 2.00 bits per heavy atom. The molecule has 2 rings (SSSR count).